The molecule has 0 radical (unpaired) electrons. The van der Waals surface area contributed by atoms with E-state index in [2.05, 4.69) is 16.3 Å². The number of rotatable bonds is 4. The van der Waals surface area contributed by atoms with Crippen molar-refractivity contribution in [2.45, 2.75) is 5.16 Å². The minimum absolute atomic E-state index is 0.272. The van der Waals surface area contributed by atoms with Gasteiger partial charge in [-0.1, -0.05) is 42.1 Å². The summed E-state index contributed by atoms with van der Waals surface area (Å²) in [6, 6.07) is 17.8. The fourth-order valence-electron chi connectivity index (χ4n) is 2.06. The van der Waals surface area contributed by atoms with Gasteiger partial charge in [0, 0.05) is 11.3 Å². The van der Waals surface area contributed by atoms with Gasteiger partial charge in [-0.2, -0.15) is 5.26 Å². The highest BCUT2D eigenvalue weighted by Crippen LogP contribution is 2.27. The zero-order chi connectivity index (χ0) is 15.4. The number of hydrogen-bond acceptors (Lipinski definition) is 4. The van der Waals surface area contributed by atoms with Crippen LogP contribution in [0, 0.1) is 17.1 Å². The molecule has 0 saturated carbocycles. The molecule has 0 amide bonds. The van der Waals surface area contributed by atoms with Crippen LogP contribution in [-0.2, 0) is 0 Å². The summed E-state index contributed by atoms with van der Waals surface area (Å²) < 4.78 is 15.0. The fourth-order valence-corrected chi connectivity index (χ4v) is 2.67. The second-order valence-electron chi connectivity index (χ2n) is 4.43. The number of nitrogens with zero attached hydrogens (tertiary/aromatic N) is 4. The maximum Gasteiger partial charge on any atom is 0.197 e. The molecule has 1 aromatic heterocycles. The molecule has 0 unspecified atom stereocenters. The maximum atomic E-state index is 13.2. The third-order valence-electron chi connectivity index (χ3n) is 3.02. The quantitative estimate of drug-likeness (QED) is 0.690. The van der Waals surface area contributed by atoms with Crippen molar-refractivity contribution in [3.8, 4) is 23.1 Å². The van der Waals surface area contributed by atoms with Gasteiger partial charge in [0.05, 0.1) is 11.8 Å². The second-order valence-corrected chi connectivity index (χ2v) is 5.37. The highest BCUT2D eigenvalue weighted by molar-refractivity contribution is 7.99. The van der Waals surface area contributed by atoms with E-state index in [-0.39, 0.29) is 11.6 Å². The molecular weight excluding hydrogens is 299 g/mol. The van der Waals surface area contributed by atoms with Crippen LogP contribution >= 0.6 is 11.8 Å². The van der Waals surface area contributed by atoms with E-state index in [9.17, 15) is 4.39 Å². The minimum Gasteiger partial charge on any atom is -0.270 e. The first-order valence-corrected chi connectivity index (χ1v) is 7.54. The molecule has 108 valence electrons. The summed E-state index contributed by atoms with van der Waals surface area (Å²) in [5.41, 5.74) is 1.66. The zero-order valence-electron chi connectivity index (χ0n) is 11.5. The average Bonchev–Trinajstić information content (AvgIpc) is 2.98. The maximum absolute atomic E-state index is 13.2. The Kier molecular flexibility index (Phi) is 4.17. The molecule has 0 aliphatic heterocycles. The number of aromatic nitrogens is 3. The van der Waals surface area contributed by atoms with E-state index in [1.54, 1.807) is 12.1 Å². The SMILES string of the molecule is N#CCSc1nnc(-c2ccccc2)n1-c1ccc(F)cc1. The summed E-state index contributed by atoms with van der Waals surface area (Å²) in [7, 11) is 0. The standard InChI is InChI=1S/C16H11FN4S/c17-13-6-8-14(9-7-13)21-15(12-4-2-1-3-5-12)19-20-16(21)22-11-10-18/h1-9H,11H2. The van der Waals surface area contributed by atoms with E-state index >= 15 is 0 Å². The molecule has 4 nitrogen and oxygen atoms in total. The van der Waals surface area contributed by atoms with E-state index in [1.807, 2.05) is 34.9 Å². The number of hydrogen-bond donors (Lipinski definition) is 0. The van der Waals surface area contributed by atoms with Crippen LogP contribution in [-0.4, -0.2) is 20.5 Å². The summed E-state index contributed by atoms with van der Waals surface area (Å²) >= 11 is 1.30. The number of thioether (sulfide) groups is 1. The fraction of sp³-hybridized carbons (Fsp3) is 0.0625. The number of nitriles is 1. The van der Waals surface area contributed by atoms with E-state index < -0.39 is 0 Å². The highest BCUT2D eigenvalue weighted by Gasteiger charge is 2.15. The first kappa shape index (κ1) is 14.3. The minimum atomic E-state index is -0.302. The number of benzene rings is 2. The van der Waals surface area contributed by atoms with Gasteiger partial charge in [-0.15, -0.1) is 10.2 Å². The van der Waals surface area contributed by atoms with Crippen molar-refractivity contribution in [1.82, 2.24) is 14.8 Å². The summed E-state index contributed by atoms with van der Waals surface area (Å²) in [6.07, 6.45) is 0. The van der Waals surface area contributed by atoms with Gasteiger partial charge in [-0.25, -0.2) is 4.39 Å². The predicted octanol–water partition coefficient (Wildman–Crippen LogP) is 3.69. The highest BCUT2D eigenvalue weighted by atomic mass is 32.2. The van der Waals surface area contributed by atoms with Crippen LogP contribution in [0.3, 0.4) is 0 Å². The molecule has 3 rings (SSSR count). The average molecular weight is 310 g/mol. The van der Waals surface area contributed by atoms with Gasteiger partial charge >= 0.3 is 0 Å². The largest absolute Gasteiger partial charge is 0.270 e. The van der Waals surface area contributed by atoms with Crippen LogP contribution < -0.4 is 0 Å². The molecular formula is C16H11FN4S. The van der Waals surface area contributed by atoms with Crippen LogP contribution in [0.15, 0.2) is 59.8 Å². The molecule has 0 fully saturated rings. The predicted molar refractivity (Wildman–Crippen MR) is 83.1 cm³/mol. The molecule has 0 atom stereocenters. The normalized spacial score (nSPS) is 10.4. The van der Waals surface area contributed by atoms with Crippen molar-refractivity contribution in [3.05, 3.63) is 60.4 Å². The Hall–Kier alpha value is -2.65. The first-order chi connectivity index (χ1) is 10.8. The molecule has 0 bridgehead atoms. The van der Waals surface area contributed by atoms with Crippen LogP contribution in [0.2, 0.25) is 0 Å². The summed E-state index contributed by atoms with van der Waals surface area (Å²) in [6.45, 7) is 0. The van der Waals surface area contributed by atoms with Crippen molar-refractivity contribution < 1.29 is 4.39 Å². The van der Waals surface area contributed by atoms with Gasteiger partial charge in [-0.3, -0.25) is 4.57 Å². The van der Waals surface area contributed by atoms with E-state index in [0.717, 1.165) is 11.3 Å². The van der Waals surface area contributed by atoms with Crippen molar-refractivity contribution in [3.63, 3.8) is 0 Å². The third kappa shape index (κ3) is 2.85. The number of halogens is 1. The molecule has 2 aromatic carbocycles. The lowest BCUT2D eigenvalue weighted by Gasteiger charge is -2.09. The van der Waals surface area contributed by atoms with Gasteiger partial charge in [0.1, 0.15) is 5.82 Å². The molecule has 0 aliphatic rings. The molecule has 0 spiro atoms. The zero-order valence-corrected chi connectivity index (χ0v) is 12.3. The molecule has 0 aliphatic carbocycles. The lowest BCUT2D eigenvalue weighted by Crippen LogP contribution is -1.99. The van der Waals surface area contributed by atoms with E-state index in [0.29, 0.717) is 11.0 Å². The molecule has 1 heterocycles. The van der Waals surface area contributed by atoms with Crippen molar-refractivity contribution >= 4 is 11.8 Å². The lowest BCUT2D eigenvalue weighted by atomic mass is 10.2. The van der Waals surface area contributed by atoms with Crippen LogP contribution in [0.5, 0.6) is 0 Å². The van der Waals surface area contributed by atoms with Gasteiger partial charge in [-0.05, 0) is 24.3 Å². The second kappa shape index (κ2) is 6.41. The Morgan fingerprint density at radius 2 is 1.77 bits per heavy atom. The Balaban J connectivity index is 2.13. The van der Waals surface area contributed by atoms with Crippen LogP contribution in [0.1, 0.15) is 0 Å². The Labute approximate surface area is 131 Å². The topological polar surface area (TPSA) is 54.5 Å². The van der Waals surface area contributed by atoms with E-state index in [1.165, 1.54) is 23.9 Å². The van der Waals surface area contributed by atoms with Crippen LogP contribution in [0.25, 0.3) is 17.1 Å². The summed E-state index contributed by atoms with van der Waals surface area (Å²) in [5.74, 6) is 0.630. The third-order valence-corrected chi connectivity index (χ3v) is 3.81. The Morgan fingerprint density at radius 3 is 2.45 bits per heavy atom. The van der Waals surface area contributed by atoms with Crippen molar-refractivity contribution in [2.24, 2.45) is 0 Å². The summed E-state index contributed by atoms with van der Waals surface area (Å²) in [4.78, 5) is 0. The molecule has 6 heteroatoms. The van der Waals surface area contributed by atoms with E-state index in [4.69, 9.17) is 5.26 Å². The lowest BCUT2D eigenvalue weighted by molar-refractivity contribution is 0.627. The molecule has 0 saturated heterocycles. The monoisotopic (exact) mass is 310 g/mol. The van der Waals surface area contributed by atoms with Gasteiger partial charge < -0.3 is 0 Å². The van der Waals surface area contributed by atoms with Crippen LogP contribution in [0.4, 0.5) is 4.39 Å². The molecule has 22 heavy (non-hydrogen) atoms. The summed E-state index contributed by atoms with van der Waals surface area (Å²) in [5, 5.41) is 17.8. The first-order valence-electron chi connectivity index (χ1n) is 6.56. The Morgan fingerprint density at radius 1 is 1.05 bits per heavy atom. The molecule has 0 N–H and O–H groups in total. The molecule has 3 aromatic rings. The van der Waals surface area contributed by atoms with Gasteiger partial charge in [0.2, 0.25) is 0 Å². The smallest absolute Gasteiger partial charge is 0.197 e. The van der Waals surface area contributed by atoms with Gasteiger partial charge in [0.25, 0.3) is 0 Å². The Bertz CT molecular complexity index is 806. The van der Waals surface area contributed by atoms with Gasteiger partial charge in [0.15, 0.2) is 11.0 Å². The van der Waals surface area contributed by atoms with Crippen molar-refractivity contribution in [1.29, 1.82) is 5.26 Å². The van der Waals surface area contributed by atoms with Crippen molar-refractivity contribution in [2.75, 3.05) is 5.75 Å².